The molecule has 90 valence electrons. The molecule has 0 spiro atoms. The molecule has 0 aliphatic rings. The van der Waals surface area contributed by atoms with E-state index in [9.17, 15) is 0 Å². The van der Waals surface area contributed by atoms with Gasteiger partial charge >= 0.3 is 0 Å². The van der Waals surface area contributed by atoms with Crippen molar-refractivity contribution in [1.82, 2.24) is 4.98 Å². The lowest BCUT2D eigenvalue weighted by molar-refractivity contribution is 1.29. The topological polar surface area (TPSA) is 74.7 Å². The molecular weight excluding hydrogens is 292 g/mol. The number of rotatable bonds is 2. The molecule has 1 heterocycles. The summed E-state index contributed by atoms with van der Waals surface area (Å²) in [7, 11) is 0. The van der Waals surface area contributed by atoms with Crippen LogP contribution in [0.3, 0.4) is 0 Å². The van der Waals surface area contributed by atoms with Crippen LogP contribution in [-0.4, -0.2) is 4.98 Å². The number of pyridine rings is 1. The van der Waals surface area contributed by atoms with Gasteiger partial charge in [0.05, 0.1) is 11.3 Å². The zero-order valence-corrected chi connectivity index (χ0v) is 11.3. The molecular formula is C13H11BrN4. The number of aromatic nitrogens is 1. The van der Waals surface area contributed by atoms with Crippen molar-refractivity contribution in [3.8, 4) is 6.07 Å². The molecule has 0 unspecified atom stereocenters. The Morgan fingerprint density at radius 3 is 2.72 bits per heavy atom. The summed E-state index contributed by atoms with van der Waals surface area (Å²) in [4.78, 5) is 4.13. The zero-order chi connectivity index (χ0) is 13.1. The molecule has 5 heteroatoms. The monoisotopic (exact) mass is 302 g/mol. The molecule has 0 fully saturated rings. The Hall–Kier alpha value is -2.06. The lowest BCUT2D eigenvalue weighted by Crippen LogP contribution is -2.00. The minimum Gasteiger partial charge on any atom is -0.396 e. The molecule has 0 aliphatic heterocycles. The van der Waals surface area contributed by atoms with Crippen LogP contribution in [0.15, 0.2) is 34.9 Å². The van der Waals surface area contributed by atoms with E-state index in [2.05, 4.69) is 26.2 Å². The second kappa shape index (κ2) is 5.07. The minimum absolute atomic E-state index is 0.448. The average Bonchev–Trinajstić information content (AvgIpc) is 2.30. The van der Waals surface area contributed by atoms with Crippen LogP contribution in [0.5, 0.6) is 0 Å². The van der Waals surface area contributed by atoms with Crippen LogP contribution in [-0.2, 0) is 0 Å². The largest absolute Gasteiger partial charge is 0.396 e. The lowest BCUT2D eigenvalue weighted by atomic mass is 10.2. The Labute approximate surface area is 114 Å². The molecule has 1 aromatic heterocycles. The SMILES string of the molecule is Cc1cc(Br)cc(Nc2ncc(C#N)cc2N)c1. The smallest absolute Gasteiger partial charge is 0.153 e. The lowest BCUT2D eigenvalue weighted by Gasteiger charge is -2.09. The van der Waals surface area contributed by atoms with Gasteiger partial charge < -0.3 is 11.1 Å². The maximum Gasteiger partial charge on any atom is 0.153 e. The third-order valence-electron chi connectivity index (χ3n) is 2.35. The van der Waals surface area contributed by atoms with Crippen molar-refractivity contribution >= 4 is 33.1 Å². The fourth-order valence-electron chi connectivity index (χ4n) is 1.59. The summed E-state index contributed by atoms with van der Waals surface area (Å²) in [5.41, 5.74) is 8.75. The standard InChI is InChI=1S/C13H11BrN4/c1-8-2-10(14)5-11(3-8)18-13-12(16)4-9(6-15)7-17-13/h2-5,7H,16H2,1H3,(H,17,18). The van der Waals surface area contributed by atoms with Gasteiger partial charge in [0, 0.05) is 16.4 Å². The fourth-order valence-corrected chi connectivity index (χ4v) is 2.20. The van der Waals surface area contributed by atoms with Gasteiger partial charge in [0.2, 0.25) is 0 Å². The molecule has 1 aromatic carbocycles. The van der Waals surface area contributed by atoms with Crippen molar-refractivity contribution < 1.29 is 0 Å². The van der Waals surface area contributed by atoms with Gasteiger partial charge in [-0.1, -0.05) is 15.9 Å². The molecule has 0 radical (unpaired) electrons. The highest BCUT2D eigenvalue weighted by Gasteiger charge is 2.04. The number of nitrogens with two attached hydrogens (primary N) is 1. The van der Waals surface area contributed by atoms with Crippen molar-refractivity contribution in [1.29, 1.82) is 5.26 Å². The normalized spacial score (nSPS) is 9.83. The van der Waals surface area contributed by atoms with E-state index in [1.807, 2.05) is 31.2 Å². The number of nitrogen functional groups attached to an aromatic ring is 1. The molecule has 2 rings (SSSR count). The molecule has 2 aromatic rings. The highest BCUT2D eigenvalue weighted by atomic mass is 79.9. The van der Waals surface area contributed by atoms with Gasteiger partial charge in [0.25, 0.3) is 0 Å². The zero-order valence-electron chi connectivity index (χ0n) is 9.74. The van der Waals surface area contributed by atoms with E-state index in [0.717, 1.165) is 15.7 Å². The predicted octanol–water partition coefficient (Wildman–Crippen LogP) is 3.35. The maximum atomic E-state index is 8.74. The first-order valence-electron chi connectivity index (χ1n) is 5.28. The second-order valence-electron chi connectivity index (χ2n) is 3.92. The Kier molecular flexibility index (Phi) is 3.49. The number of anilines is 3. The molecule has 3 N–H and O–H groups in total. The van der Waals surface area contributed by atoms with E-state index in [1.54, 1.807) is 6.07 Å². The van der Waals surface area contributed by atoms with Crippen molar-refractivity contribution in [2.45, 2.75) is 6.92 Å². The van der Waals surface area contributed by atoms with Gasteiger partial charge in [-0.15, -0.1) is 0 Å². The summed E-state index contributed by atoms with van der Waals surface area (Å²) in [5, 5.41) is 11.9. The third-order valence-corrected chi connectivity index (χ3v) is 2.81. The maximum absolute atomic E-state index is 8.74. The van der Waals surface area contributed by atoms with Crippen LogP contribution in [0, 0.1) is 18.3 Å². The number of halogens is 1. The van der Waals surface area contributed by atoms with Gasteiger partial charge in [-0.2, -0.15) is 5.26 Å². The van der Waals surface area contributed by atoms with E-state index in [4.69, 9.17) is 11.0 Å². The number of aryl methyl sites for hydroxylation is 1. The van der Waals surface area contributed by atoms with E-state index in [1.165, 1.54) is 6.20 Å². The summed E-state index contributed by atoms with van der Waals surface area (Å²) in [6, 6.07) is 9.54. The highest BCUT2D eigenvalue weighted by molar-refractivity contribution is 9.10. The Morgan fingerprint density at radius 2 is 2.11 bits per heavy atom. The Morgan fingerprint density at radius 1 is 1.33 bits per heavy atom. The molecule has 0 aliphatic carbocycles. The van der Waals surface area contributed by atoms with Crippen LogP contribution in [0.25, 0.3) is 0 Å². The van der Waals surface area contributed by atoms with Crippen molar-refractivity contribution in [2.24, 2.45) is 0 Å². The van der Waals surface area contributed by atoms with E-state index in [-0.39, 0.29) is 0 Å². The number of nitrogens with one attached hydrogen (secondary N) is 1. The van der Waals surface area contributed by atoms with E-state index >= 15 is 0 Å². The summed E-state index contributed by atoms with van der Waals surface area (Å²) in [5.74, 6) is 0.548. The summed E-state index contributed by atoms with van der Waals surface area (Å²) in [6.07, 6.45) is 1.49. The molecule has 0 saturated heterocycles. The molecule has 0 bridgehead atoms. The van der Waals surface area contributed by atoms with Crippen molar-refractivity contribution in [2.75, 3.05) is 11.1 Å². The molecule has 18 heavy (non-hydrogen) atoms. The number of hydrogen-bond donors (Lipinski definition) is 2. The summed E-state index contributed by atoms with van der Waals surface area (Å²) in [6.45, 7) is 2.01. The van der Waals surface area contributed by atoms with Gasteiger partial charge in [0.15, 0.2) is 5.82 Å². The Balaban J connectivity index is 2.31. The summed E-state index contributed by atoms with van der Waals surface area (Å²) < 4.78 is 0.984. The molecule has 0 amide bonds. The van der Waals surface area contributed by atoms with Gasteiger partial charge in [0.1, 0.15) is 6.07 Å². The molecule has 4 nitrogen and oxygen atoms in total. The molecule has 0 saturated carbocycles. The van der Waals surface area contributed by atoms with Crippen LogP contribution >= 0.6 is 15.9 Å². The average molecular weight is 303 g/mol. The number of nitriles is 1. The van der Waals surface area contributed by atoms with Gasteiger partial charge in [-0.3, -0.25) is 0 Å². The first-order chi connectivity index (χ1) is 8.58. The second-order valence-corrected chi connectivity index (χ2v) is 4.83. The first kappa shape index (κ1) is 12.4. The minimum atomic E-state index is 0.448. The van der Waals surface area contributed by atoms with E-state index in [0.29, 0.717) is 17.1 Å². The van der Waals surface area contributed by atoms with Crippen molar-refractivity contribution in [3.63, 3.8) is 0 Å². The first-order valence-corrected chi connectivity index (χ1v) is 6.07. The van der Waals surface area contributed by atoms with Gasteiger partial charge in [-0.05, 0) is 36.8 Å². The number of nitrogens with zero attached hydrogens (tertiary/aromatic N) is 2. The summed E-state index contributed by atoms with van der Waals surface area (Å²) >= 11 is 3.43. The van der Waals surface area contributed by atoms with Crippen LogP contribution in [0.2, 0.25) is 0 Å². The van der Waals surface area contributed by atoms with Crippen LogP contribution in [0.1, 0.15) is 11.1 Å². The highest BCUT2D eigenvalue weighted by Crippen LogP contribution is 2.24. The predicted molar refractivity (Wildman–Crippen MR) is 75.5 cm³/mol. The number of hydrogen-bond acceptors (Lipinski definition) is 4. The van der Waals surface area contributed by atoms with E-state index < -0.39 is 0 Å². The van der Waals surface area contributed by atoms with Crippen LogP contribution in [0.4, 0.5) is 17.2 Å². The van der Waals surface area contributed by atoms with Crippen molar-refractivity contribution in [3.05, 3.63) is 46.1 Å². The third kappa shape index (κ3) is 2.79. The Bertz CT molecular complexity index is 611. The van der Waals surface area contributed by atoms with Crippen LogP contribution < -0.4 is 11.1 Å². The quantitative estimate of drug-likeness (QED) is 0.892. The fraction of sp³-hybridized carbons (Fsp3) is 0.0769. The number of benzene rings is 1. The van der Waals surface area contributed by atoms with Gasteiger partial charge in [-0.25, -0.2) is 4.98 Å². The molecule has 0 atom stereocenters.